The lowest BCUT2D eigenvalue weighted by molar-refractivity contribution is -0.140. The quantitative estimate of drug-likeness (QED) is 0.201. The van der Waals surface area contributed by atoms with Gasteiger partial charge in [-0.2, -0.15) is 0 Å². The average molecular weight is 505 g/mol. The summed E-state index contributed by atoms with van der Waals surface area (Å²) in [5.41, 5.74) is 5.61. The molecule has 33 heavy (non-hydrogen) atoms. The first-order valence-corrected chi connectivity index (χ1v) is 11.5. The van der Waals surface area contributed by atoms with Gasteiger partial charge in [-0.15, -0.1) is 0 Å². The number of aromatic nitrogens is 1. The zero-order valence-corrected chi connectivity index (χ0v) is 20.0. The second kappa shape index (κ2) is 8.15. The highest BCUT2D eigenvalue weighted by Gasteiger charge is 2.26. The lowest BCUT2D eigenvalue weighted by Crippen LogP contribution is -2.05. The van der Waals surface area contributed by atoms with Gasteiger partial charge in [-0.3, -0.25) is 4.79 Å². The van der Waals surface area contributed by atoms with Crippen molar-refractivity contribution >= 4 is 55.2 Å². The van der Waals surface area contributed by atoms with E-state index in [4.69, 9.17) is 9.57 Å². The van der Waals surface area contributed by atoms with Crippen LogP contribution in [0, 0.1) is 6.92 Å². The minimum absolute atomic E-state index is 0.0232. The number of fused-ring (bicyclic) bond motifs is 5. The van der Waals surface area contributed by atoms with Gasteiger partial charge in [0.1, 0.15) is 18.1 Å². The molecular weight excluding hydrogens is 484 g/mol. The third-order valence-corrected chi connectivity index (χ3v) is 6.44. The van der Waals surface area contributed by atoms with E-state index >= 15 is 0 Å². The first-order chi connectivity index (χ1) is 15.9. The first kappa shape index (κ1) is 21.4. The van der Waals surface area contributed by atoms with Crippen LogP contribution in [0.4, 0.5) is 0 Å². The molecule has 6 nitrogen and oxygen atoms in total. The summed E-state index contributed by atoms with van der Waals surface area (Å²) in [5, 5.41) is 5.83. The molecule has 1 aliphatic rings. The molecule has 0 radical (unpaired) electrons. The molecular formula is C26H21BrN2O4. The second-order valence-electron chi connectivity index (χ2n) is 8.01. The maximum absolute atomic E-state index is 13.3. The topological polar surface area (TPSA) is 69.9 Å². The summed E-state index contributed by atoms with van der Waals surface area (Å²) in [6.45, 7) is 6.32. The molecule has 3 aromatic carbocycles. The van der Waals surface area contributed by atoms with Crippen molar-refractivity contribution in [2.45, 2.75) is 27.3 Å². The van der Waals surface area contributed by atoms with Crippen LogP contribution in [0.15, 0.2) is 58.2 Å². The Balaban J connectivity index is 1.71. The number of hydrogen-bond acceptors (Lipinski definition) is 5. The summed E-state index contributed by atoms with van der Waals surface area (Å²) in [4.78, 5) is 29.4. The molecule has 5 rings (SSSR count). The van der Waals surface area contributed by atoms with Crippen LogP contribution in [0.3, 0.4) is 0 Å². The SMILES string of the molecule is CCn1c2ccc(C(=O)c3ccc(Br)cc3C)cc2c2c3c(ccc21)/C(=N/OC(C)=O)CO3. The lowest BCUT2D eigenvalue weighted by Gasteiger charge is -2.07. The number of hydrogen-bond donors (Lipinski definition) is 0. The number of nitrogens with zero attached hydrogens (tertiary/aromatic N) is 2. The molecule has 7 heteroatoms. The van der Waals surface area contributed by atoms with Crippen LogP contribution < -0.4 is 4.74 Å². The van der Waals surface area contributed by atoms with Crippen molar-refractivity contribution in [2.75, 3.05) is 6.61 Å². The summed E-state index contributed by atoms with van der Waals surface area (Å²) in [5.74, 6) is 0.191. The predicted molar refractivity (Wildman–Crippen MR) is 131 cm³/mol. The third kappa shape index (κ3) is 3.53. The van der Waals surface area contributed by atoms with Gasteiger partial charge in [-0.25, -0.2) is 4.79 Å². The number of rotatable bonds is 4. The van der Waals surface area contributed by atoms with E-state index in [1.165, 1.54) is 6.92 Å². The van der Waals surface area contributed by atoms with E-state index in [0.29, 0.717) is 22.6 Å². The molecule has 0 unspecified atom stereocenters. The first-order valence-electron chi connectivity index (χ1n) is 10.7. The minimum Gasteiger partial charge on any atom is -0.486 e. The largest absolute Gasteiger partial charge is 0.486 e. The Morgan fingerprint density at radius 1 is 1.12 bits per heavy atom. The molecule has 0 saturated heterocycles. The van der Waals surface area contributed by atoms with Crippen molar-refractivity contribution < 1.29 is 19.2 Å². The van der Waals surface area contributed by atoms with Crippen LogP contribution in [-0.2, 0) is 16.2 Å². The van der Waals surface area contributed by atoms with Gasteiger partial charge in [0, 0.05) is 45.5 Å². The Hall–Kier alpha value is -3.45. The summed E-state index contributed by atoms with van der Waals surface area (Å²) in [6.07, 6.45) is 0. The van der Waals surface area contributed by atoms with Crippen LogP contribution in [0.5, 0.6) is 5.75 Å². The van der Waals surface area contributed by atoms with Gasteiger partial charge in [-0.05, 0) is 67.9 Å². The number of ketones is 1. The van der Waals surface area contributed by atoms with E-state index in [9.17, 15) is 9.59 Å². The maximum atomic E-state index is 13.3. The normalized spacial score (nSPS) is 14.0. The van der Waals surface area contributed by atoms with E-state index in [1.807, 2.05) is 55.5 Å². The Kier molecular flexibility index (Phi) is 5.29. The highest BCUT2D eigenvalue weighted by atomic mass is 79.9. The number of ether oxygens (including phenoxy) is 1. The van der Waals surface area contributed by atoms with Crippen molar-refractivity contribution in [2.24, 2.45) is 5.16 Å². The van der Waals surface area contributed by atoms with Crippen LogP contribution in [0.2, 0.25) is 0 Å². The molecule has 1 aromatic heterocycles. The maximum Gasteiger partial charge on any atom is 0.331 e. The molecule has 0 fully saturated rings. The Morgan fingerprint density at radius 3 is 2.64 bits per heavy atom. The Morgan fingerprint density at radius 2 is 1.91 bits per heavy atom. The van der Waals surface area contributed by atoms with E-state index in [2.05, 4.69) is 32.6 Å². The van der Waals surface area contributed by atoms with Crippen molar-refractivity contribution in [3.8, 4) is 5.75 Å². The molecule has 0 bridgehead atoms. The fourth-order valence-electron chi connectivity index (χ4n) is 4.47. The van der Waals surface area contributed by atoms with Gasteiger partial charge in [-0.1, -0.05) is 21.1 Å². The molecule has 4 aromatic rings. The molecule has 0 atom stereocenters. The molecule has 2 heterocycles. The predicted octanol–water partition coefficient (Wildman–Crippen LogP) is 5.78. The van der Waals surface area contributed by atoms with Crippen LogP contribution in [0.1, 0.15) is 40.9 Å². The van der Waals surface area contributed by atoms with Gasteiger partial charge in [0.2, 0.25) is 0 Å². The fraction of sp³-hybridized carbons (Fsp3) is 0.192. The summed E-state index contributed by atoms with van der Waals surface area (Å²) < 4.78 is 9.16. The van der Waals surface area contributed by atoms with Gasteiger partial charge in [0.25, 0.3) is 0 Å². The van der Waals surface area contributed by atoms with Gasteiger partial charge in [0.05, 0.1) is 10.9 Å². The molecule has 0 saturated carbocycles. The molecule has 0 N–H and O–H groups in total. The van der Waals surface area contributed by atoms with Gasteiger partial charge in [0.15, 0.2) is 5.78 Å². The molecule has 0 spiro atoms. The molecule has 0 amide bonds. The number of carbonyl (C=O) groups is 2. The number of oxime groups is 1. The van der Waals surface area contributed by atoms with Crippen molar-refractivity contribution in [1.29, 1.82) is 0 Å². The van der Waals surface area contributed by atoms with E-state index in [1.54, 1.807) is 0 Å². The zero-order chi connectivity index (χ0) is 23.3. The van der Waals surface area contributed by atoms with Crippen molar-refractivity contribution in [1.82, 2.24) is 4.57 Å². The van der Waals surface area contributed by atoms with Crippen LogP contribution >= 0.6 is 15.9 Å². The van der Waals surface area contributed by atoms with E-state index in [-0.39, 0.29) is 12.4 Å². The fourth-order valence-corrected chi connectivity index (χ4v) is 4.94. The van der Waals surface area contributed by atoms with Crippen molar-refractivity contribution in [3.63, 3.8) is 0 Å². The lowest BCUT2D eigenvalue weighted by atomic mass is 9.97. The standard InChI is InChI=1S/C26H21BrN2O4/c1-4-29-22-9-5-16(25(31)18-7-6-17(27)11-14(18)2)12-20(22)24-23(29)10-8-19-21(13-32-26(19)24)28-33-15(3)30/h5-12H,4,13H2,1-3H3/b28-21+. The van der Waals surface area contributed by atoms with Crippen LogP contribution in [0.25, 0.3) is 21.8 Å². The van der Waals surface area contributed by atoms with E-state index in [0.717, 1.165) is 44.0 Å². The van der Waals surface area contributed by atoms with Gasteiger partial charge < -0.3 is 14.1 Å². The summed E-state index contributed by atoms with van der Waals surface area (Å²) in [7, 11) is 0. The summed E-state index contributed by atoms with van der Waals surface area (Å²) >= 11 is 3.46. The molecule has 0 aliphatic carbocycles. The summed E-state index contributed by atoms with van der Waals surface area (Å²) in [6, 6.07) is 15.5. The van der Waals surface area contributed by atoms with Crippen molar-refractivity contribution in [3.05, 3.63) is 75.3 Å². The Bertz CT molecular complexity index is 1500. The van der Waals surface area contributed by atoms with Crippen LogP contribution in [-0.4, -0.2) is 28.6 Å². The smallest absolute Gasteiger partial charge is 0.331 e. The molecule has 166 valence electrons. The Labute approximate surface area is 198 Å². The average Bonchev–Trinajstić information content (AvgIpc) is 3.34. The molecule has 1 aliphatic heterocycles. The number of benzene rings is 3. The number of halogens is 1. The highest BCUT2D eigenvalue weighted by Crippen LogP contribution is 2.41. The number of aryl methyl sites for hydroxylation is 2. The minimum atomic E-state index is -0.481. The van der Waals surface area contributed by atoms with Gasteiger partial charge >= 0.3 is 5.97 Å². The highest BCUT2D eigenvalue weighted by molar-refractivity contribution is 9.10. The van der Waals surface area contributed by atoms with E-state index < -0.39 is 5.97 Å². The monoisotopic (exact) mass is 504 g/mol. The second-order valence-corrected chi connectivity index (χ2v) is 8.93. The number of carbonyl (C=O) groups excluding carboxylic acids is 2. The zero-order valence-electron chi connectivity index (χ0n) is 18.4. The third-order valence-electron chi connectivity index (χ3n) is 5.94.